The van der Waals surface area contributed by atoms with Gasteiger partial charge in [-0.1, -0.05) is 29.8 Å². The molecule has 0 atom stereocenters. The molecule has 0 saturated carbocycles. The first kappa shape index (κ1) is 14.3. The van der Waals surface area contributed by atoms with Crippen LogP contribution in [0, 0.1) is 0 Å². The molecule has 0 fully saturated rings. The highest BCUT2D eigenvalue weighted by Gasteiger charge is 2.04. The lowest BCUT2D eigenvalue weighted by Crippen LogP contribution is -1.99. The van der Waals surface area contributed by atoms with Gasteiger partial charge in [0.05, 0.1) is 7.11 Å². The van der Waals surface area contributed by atoms with Gasteiger partial charge in [0.1, 0.15) is 5.75 Å². The topological polar surface area (TPSA) is 35.2 Å². The third kappa shape index (κ3) is 3.90. The van der Waals surface area contributed by atoms with Crippen molar-refractivity contribution in [2.24, 2.45) is 5.73 Å². The summed E-state index contributed by atoms with van der Waals surface area (Å²) in [6, 6.07) is 13.9. The van der Waals surface area contributed by atoms with Gasteiger partial charge >= 0.3 is 0 Å². The fraction of sp³-hybridized carbons (Fsp3) is 0.200. The SMILES string of the molecule is COc1ccc(CN)c(SCc2ccc(Cl)cc2)c1. The maximum atomic E-state index is 5.88. The molecule has 0 unspecified atom stereocenters. The van der Waals surface area contributed by atoms with E-state index in [0.717, 1.165) is 27.0 Å². The number of halogens is 1. The number of thioether (sulfide) groups is 1. The standard InChI is InChI=1S/C15H16ClNOS/c1-18-14-7-4-12(9-17)15(8-14)19-10-11-2-5-13(16)6-3-11/h2-8H,9-10,17H2,1H3. The second kappa shape index (κ2) is 6.85. The predicted octanol–water partition coefficient (Wildman–Crippen LogP) is 4.10. The zero-order chi connectivity index (χ0) is 13.7. The summed E-state index contributed by atoms with van der Waals surface area (Å²) in [5.74, 6) is 1.74. The Morgan fingerprint density at radius 2 is 1.89 bits per heavy atom. The number of benzene rings is 2. The maximum Gasteiger partial charge on any atom is 0.119 e. The van der Waals surface area contributed by atoms with Crippen LogP contribution in [0.15, 0.2) is 47.4 Å². The number of nitrogens with two attached hydrogens (primary N) is 1. The van der Waals surface area contributed by atoms with Crippen molar-refractivity contribution in [2.45, 2.75) is 17.2 Å². The van der Waals surface area contributed by atoms with E-state index in [-0.39, 0.29) is 0 Å². The van der Waals surface area contributed by atoms with E-state index >= 15 is 0 Å². The van der Waals surface area contributed by atoms with Gasteiger partial charge < -0.3 is 10.5 Å². The number of ether oxygens (including phenoxy) is 1. The minimum Gasteiger partial charge on any atom is -0.497 e. The zero-order valence-corrected chi connectivity index (χ0v) is 12.3. The first-order valence-corrected chi connectivity index (χ1v) is 7.33. The van der Waals surface area contributed by atoms with Crippen LogP contribution in [-0.4, -0.2) is 7.11 Å². The van der Waals surface area contributed by atoms with E-state index in [1.807, 2.05) is 42.5 Å². The molecule has 19 heavy (non-hydrogen) atoms. The smallest absolute Gasteiger partial charge is 0.119 e. The van der Waals surface area contributed by atoms with E-state index in [9.17, 15) is 0 Å². The normalized spacial score (nSPS) is 10.5. The van der Waals surface area contributed by atoms with E-state index in [0.29, 0.717) is 6.54 Å². The molecule has 2 N–H and O–H groups in total. The highest BCUT2D eigenvalue weighted by atomic mass is 35.5. The van der Waals surface area contributed by atoms with Crippen molar-refractivity contribution in [3.8, 4) is 5.75 Å². The molecule has 0 saturated heterocycles. The maximum absolute atomic E-state index is 5.88. The Balaban J connectivity index is 2.11. The fourth-order valence-electron chi connectivity index (χ4n) is 1.71. The summed E-state index contributed by atoms with van der Waals surface area (Å²) in [7, 11) is 1.67. The summed E-state index contributed by atoms with van der Waals surface area (Å²) in [6.45, 7) is 0.535. The number of methoxy groups -OCH3 is 1. The molecular weight excluding hydrogens is 278 g/mol. The van der Waals surface area contributed by atoms with Gasteiger partial charge in [-0.15, -0.1) is 11.8 Å². The lowest BCUT2D eigenvalue weighted by molar-refractivity contribution is 0.413. The van der Waals surface area contributed by atoms with Crippen molar-refractivity contribution in [1.82, 2.24) is 0 Å². The van der Waals surface area contributed by atoms with E-state index in [2.05, 4.69) is 0 Å². The first-order chi connectivity index (χ1) is 9.22. The van der Waals surface area contributed by atoms with Crippen molar-refractivity contribution in [2.75, 3.05) is 7.11 Å². The number of hydrogen-bond donors (Lipinski definition) is 1. The molecule has 4 heteroatoms. The average molecular weight is 294 g/mol. The Labute approximate surface area is 122 Å². The molecule has 2 rings (SSSR count). The molecule has 0 amide bonds. The predicted molar refractivity (Wildman–Crippen MR) is 81.9 cm³/mol. The fourth-order valence-corrected chi connectivity index (χ4v) is 2.88. The van der Waals surface area contributed by atoms with Gasteiger partial charge in [0, 0.05) is 22.2 Å². The third-order valence-corrected chi connectivity index (χ3v) is 4.22. The second-order valence-electron chi connectivity index (χ2n) is 4.09. The van der Waals surface area contributed by atoms with Crippen LogP contribution in [0.4, 0.5) is 0 Å². The summed E-state index contributed by atoms with van der Waals surface area (Å²) in [4.78, 5) is 1.16. The van der Waals surface area contributed by atoms with E-state index in [4.69, 9.17) is 22.1 Å². The molecule has 0 bridgehead atoms. The monoisotopic (exact) mass is 293 g/mol. The summed E-state index contributed by atoms with van der Waals surface area (Å²) in [5, 5.41) is 0.762. The van der Waals surface area contributed by atoms with Gasteiger partial charge in [-0.25, -0.2) is 0 Å². The summed E-state index contributed by atoms with van der Waals surface area (Å²) in [6.07, 6.45) is 0. The second-order valence-corrected chi connectivity index (χ2v) is 5.55. The molecule has 100 valence electrons. The zero-order valence-electron chi connectivity index (χ0n) is 10.7. The molecule has 2 nitrogen and oxygen atoms in total. The summed E-state index contributed by atoms with van der Waals surface area (Å²) >= 11 is 7.63. The molecule has 0 aromatic heterocycles. The minimum atomic E-state index is 0.535. The largest absolute Gasteiger partial charge is 0.497 e. The summed E-state index contributed by atoms with van der Waals surface area (Å²) < 4.78 is 5.25. The van der Waals surface area contributed by atoms with Crippen LogP contribution in [0.25, 0.3) is 0 Å². The van der Waals surface area contributed by atoms with Crippen LogP contribution < -0.4 is 10.5 Å². The van der Waals surface area contributed by atoms with E-state index in [1.54, 1.807) is 18.9 Å². The van der Waals surface area contributed by atoms with Crippen molar-refractivity contribution in [3.05, 3.63) is 58.6 Å². The van der Waals surface area contributed by atoms with Gasteiger partial charge in [-0.3, -0.25) is 0 Å². The average Bonchev–Trinajstić information content (AvgIpc) is 2.46. The Morgan fingerprint density at radius 3 is 2.53 bits per heavy atom. The molecule has 0 heterocycles. The minimum absolute atomic E-state index is 0.535. The van der Waals surface area contributed by atoms with Crippen molar-refractivity contribution in [1.29, 1.82) is 0 Å². The number of hydrogen-bond acceptors (Lipinski definition) is 3. The van der Waals surface area contributed by atoms with Crippen molar-refractivity contribution in [3.63, 3.8) is 0 Å². The molecule has 2 aromatic carbocycles. The number of rotatable bonds is 5. The van der Waals surface area contributed by atoms with E-state index < -0.39 is 0 Å². The Hall–Kier alpha value is -1.16. The van der Waals surface area contributed by atoms with Crippen LogP contribution in [0.5, 0.6) is 5.75 Å². The van der Waals surface area contributed by atoms with Crippen LogP contribution in [0.2, 0.25) is 5.02 Å². The van der Waals surface area contributed by atoms with E-state index in [1.165, 1.54) is 5.56 Å². The van der Waals surface area contributed by atoms with Gasteiger partial charge in [0.2, 0.25) is 0 Å². The van der Waals surface area contributed by atoms with Gasteiger partial charge in [0.15, 0.2) is 0 Å². The van der Waals surface area contributed by atoms with Gasteiger partial charge in [0.25, 0.3) is 0 Å². The molecule has 0 aliphatic rings. The highest BCUT2D eigenvalue weighted by Crippen LogP contribution is 2.30. The van der Waals surface area contributed by atoms with Crippen LogP contribution in [-0.2, 0) is 12.3 Å². The third-order valence-electron chi connectivity index (χ3n) is 2.80. The molecule has 0 radical (unpaired) electrons. The first-order valence-electron chi connectivity index (χ1n) is 5.97. The lowest BCUT2D eigenvalue weighted by atomic mass is 10.2. The van der Waals surface area contributed by atoms with Gasteiger partial charge in [-0.2, -0.15) is 0 Å². The van der Waals surface area contributed by atoms with Gasteiger partial charge in [-0.05, 0) is 35.4 Å². The van der Waals surface area contributed by atoms with Crippen LogP contribution in [0.1, 0.15) is 11.1 Å². The Kier molecular flexibility index (Phi) is 5.14. The molecule has 2 aromatic rings. The van der Waals surface area contributed by atoms with Crippen LogP contribution >= 0.6 is 23.4 Å². The van der Waals surface area contributed by atoms with Crippen molar-refractivity contribution < 1.29 is 4.74 Å². The molecular formula is C15H16ClNOS. The lowest BCUT2D eigenvalue weighted by Gasteiger charge is -2.10. The molecule has 0 aliphatic heterocycles. The molecule has 0 aliphatic carbocycles. The summed E-state index contributed by atoms with van der Waals surface area (Å²) in [5.41, 5.74) is 8.13. The highest BCUT2D eigenvalue weighted by molar-refractivity contribution is 7.98. The van der Waals surface area contributed by atoms with Crippen molar-refractivity contribution >= 4 is 23.4 Å². The molecule has 0 spiro atoms. The quantitative estimate of drug-likeness (QED) is 0.843. The van der Waals surface area contributed by atoms with Crippen LogP contribution in [0.3, 0.4) is 0 Å². The Bertz CT molecular complexity index is 542. The Morgan fingerprint density at radius 1 is 1.16 bits per heavy atom.